The molecule has 4 rings (SSSR count). The van der Waals surface area contributed by atoms with Crippen molar-refractivity contribution in [2.75, 3.05) is 0 Å². The Bertz CT molecular complexity index is 828. The number of rotatable bonds is 3. The summed E-state index contributed by atoms with van der Waals surface area (Å²) in [7, 11) is 0. The molecule has 3 heterocycles. The number of nitrogens with one attached hydrogen (secondary N) is 2. The number of carbonyl (C=O) groups is 1. The van der Waals surface area contributed by atoms with E-state index in [2.05, 4.69) is 20.4 Å². The number of nitrogens with zero attached hydrogens (tertiary/aromatic N) is 3. The van der Waals surface area contributed by atoms with E-state index in [1.54, 1.807) is 23.1 Å². The Kier molecular flexibility index (Phi) is 3.57. The summed E-state index contributed by atoms with van der Waals surface area (Å²) < 4.78 is 1.76. The second kappa shape index (κ2) is 5.87. The maximum atomic E-state index is 12.4. The lowest BCUT2D eigenvalue weighted by Gasteiger charge is -2.22. The molecule has 6 heteroatoms. The van der Waals surface area contributed by atoms with Gasteiger partial charge in [-0.1, -0.05) is 19.3 Å². The largest absolute Gasteiger partial charge is 0.359 e. The minimum Gasteiger partial charge on any atom is -0.359 e. The molecule has 0 aromatic carbocycles. The van der Waals surface area contributed by atoms with E-state index in [4.69, 9.17) is 0 Å². The topological polar surface area (TPSA) is 75.1 Å². The second-order valence-corrected chi connectivity index (χ2v) is 6.05. The van der Waals surface area contributed by atoms with Crippen LogP contribution < -0.4 is 5.32 Å². The summed E-state index contributed by atoms with van der Waals surface area (Å²) >= 11 is 0. The van der Waals surface area contributed by atoms with Gasteiger partial charge in [0.1, 0.15) is 5.69 Å². The van der Waals surface area contributed by atoms with Crippen molar-refractivity contribution in [2.45, 2.75) is 38.1 Å². The van der Waals surface area contributed by atoms with Crippen LogP contribution in [0.25, 0.3) is 17.0 Å². The zero-order chi connectivity index (χ0) is 15.6. The number of fused-ring (bicyclic) bond motifs is 1. The van der Waals surface area contributed by atoms with Crippen molar-refractivity contribution in [1.82, 2.24) is 24.9 Å². The van der Waals surface area contributed by atoms with Gasteiger partial charge < -0.3 is 10.3 Å². The van der Waals surface area contributed by atoms with Crippen LogP contribution in [0.15, 0.2) is 36.8 Å². The van der Waals surface area contributed by atoms with Crippen molar-refractivity contribution in [2.24, 2.45) is 0 Å². The molecule has 3 aromatic rings. The SMILES string of the molecule is O=C(NC1CCCCC1)c1c[nH]c(-c2cnc3cccnn23)c1. The quantitative estimate of drug-likeness (QED) is 0.781. The first kappa shape index (κ1) is 14.0. The molecule has 1 fully saturated rings. The van der Waals surface area contributed by atoms with E-state index in [1.165, 1.54) is 19.3 Å². The number of aromatic nitrogens is 4. The number of H-pyrrole nitrogens is 1. The van der Waals surface area contributed by atoms with Gasteiger partial charge in [0, 0.05) is 18.4 Å². The van der Waals surface area contributed by atoms with Gasteiger partial charge in [-0.25, -0.2) is 9.50 Å². The fraction of sp³-hybridized carbons (Fsp3) is 0.353. The Balaban J connectivity index is 1.55. The highest BCUT2D eigenvalue weighted by Gasteiger charge is 2.18. The molecule has 6 nitrogen and oxygen atoms in total. The Morgan fingerprint density at radius 2 is 2.17 bits per heavy atom. The first-order valence-corrected chi connectivity index (χ1v) is 8.10. The van der Waals surface area contributed by atoms with Crippen molar-refractivity contribution in [3.05, 3.63) is 42.4 Å². The highest BCUT2D eigenvalue weighted by Crippen LogP contribution is 2.21. The molecule has 23 heavy (non-hydrogen) atoms. The third kappa shape index (κ3) is 2.72. The molecular weight excluding hydrogens is 290 g/mol. The summed E-state index contributed by atoms with van der Waals surface area (Å²) in [6.07, 6.45) is 11.1. The fourth-order valence-corrected chi connectivity index (χ4v) is 3.20. The minimum absolute atomic E-state index is 0.0128. The van der Waals surface area contributed by atoms with Gasteiger partial charge in [0.2, 0.25) is 0 Å². The van der Waals surface area contributed by atoms with Crippen LogP contribution in [0.1, 0.15) is 42.5 Å². The number of aromatic amines is 1. The molecule has 0 aliphatic heterocycles. The molecule has 1 amide bonds. The van der Waals surface area contributed by atoms with Crippen LogP contribution in [0.2, 0.25) is 0 Å². The smallest absolute Gasteiger partial charge is 0.253 e. The molecule has 118 valence electrons. The maximum Gasteiger partial charge on any atom is 0.253 e. The molecule has 0 bridgehead atoms. The average molecular weight is 309 g/mol. The molecule has 1 saturated carbocycles. The van der Waals surface area contributed by atoms with Crippen LogP contribution in [-0.4, -0.2) is 31.5 Å². The Hall–Kier alpha value is -2.63. The van der Waals surface area contributed by atoms with Crippen LogP contribution >= 0.6 is 0 Å². The fourth-order valence-electron chi connectivity index (χ4n) is 3.20. The highest BCUT2D eigenvalue weighted by molar-refractivity contribution is 5.95. The van der Waals surface area contributed by atoms with Gasteiger partial charge in [0.15, 0.2) is 5.65 Å². The number of imidazole rings is 1. The highest BCUT2D eigenvalue weighted by atomic mass is 16.1. The monoisotopic (exact) mass is 309 g/mol. The molecule has 1 aliphatic rings. The number of hydrogen-bond acceptors (Lipinski definition) is 3. The summed E-state index contributed by atoms with van der Waals surface area (Å²) in [4.78, 5) is 19.9. The van der Waals surface area contributed by atoms with Gasteiger partial charge in [-0.3, -0.25) is 4.79 Å². The lowest BCUT2D eigenvalue weighted by molar-refractivity contribution is 0.0928. The van der Waals surface area contributed by atoms with E-state index < -0.39 is 0 Å². The van der Waals surface area contributed by atoms with Gasteiger partial charge in [-0.2, -0.15) is 5.10 Å². The van der Waals surface area contributed by atoms with E-state index in [1.807, 2.05) is 18.2 Å². The lowest BCUT2D eigenvalue weighted by Crippen LogP contribution is -2.35. The van der Waals surface area contributed by atoms with Gasteiger partial charge in [0.05, 0.1) is 17.5 Å². The third-order valence-electron chi connectivity index (χ3n) is 4.44. The molecular formula is C17H19N5O. The molecule has 3 aromatic heterocycles. The van der Waals surface area contributed by atoms with E-state index >= 15 is 0 Å². The zero-order valence-corrected chi connectivity index (χ0v) is 12.8. The lowest BCUT2D eigenvalue weighted by atomic mass is 9.95. The molecule has 0 unspecified atom stereocenters. The van der Waals surface area contributed by atoms with Crippen LogP contribution in [0.3, 0.4) is 0 Å². The standard InChI is InChI=1S/C17H19N5O/c23-17(21-13-5-2-1-3-6-13)12-9-14(18-10-12)15-11-19-16-7-4-8-20-22(15)16/h4,7-11,13,18H,1-3,5-6H2,(H,21,23). The number of amides is 1. The Labute approximate surface area is 133 Å². The molecule has 0 radical (unpaired) electrons. The van der Waals surface area contributed by atoms with Gasteiger partial charge >= 0.3 is 0 Å². The normalized spacial score (nSPS) is 15.8. The molecule has 2 N–H and O–H groups in total. The predicted molar refractivity (Wildman–Crippen MR) is 87.1 cm³/mol. The zero-order valence-electron chi connectivity index (χ0n) is 12.8. The summed E-state index contributed by atoms with van der Waals surface area (Å²) in [5.41, 5.74) is 3.11. The van der Waals surface area contributed by atoms with E-state index in [9.17, 15) is 4.79 Å². The second-order valence-electron chi connectivity index (χ2n) is 6.05. The average Bonchev–Trinajstić information content (AvgIpc) is 3.22. The van der Waals surface area contributed by atoms with Gasteiger partial charge in [-0.05, 0) is 31.0 Å². The first-order chi connectivity index (χ1) is 11.3. The predicted octanol–water partition coefficient (Wildman–Crippen LogP) is 2.79. The van der Waals surface area contributed by atoms with Crippen molar-refractivity contribution >= 4 is 11.6 Å². The third-order valence-corrected chi connectivity index (χ3v) is 4.44. The minimum atomic E-state index is -0.0128. The van der Waals surface area contributed by atoms with Crippen LogP contribution in [0.4, 0.5) is 0 Å². The summed E-state index contributed by atoms with van der Waals surface area (Å²) in [6, 6.07) is 5.92. The van der Waals surface area contributed by atoms with Crippen LogP contribution in [0, 0.1) is 0 Å². The first-order valence-electron chi connectivity index (χ1n) is 8.10. The number of carbonyl (C=O) groups excluding carboxylic acids is 1. The van der Waals surface area contributed by atoms with E-state index in [0.717, 1.165) is 29.9 Å². The van der Waals surface area contributed by atoms with Gasteiger partial charge in [-0.15, -0.1) is 0 Å². The van der Waals surface area contributed by atoms with E-state index in [0.29, 0.717) is 11.6 Å². The van der Waals surface area contributed by atoms with Gasteiger partial charge in [0.25, 0.3) is 5.91 Å². The van der Waals surface area contributed by atoms with Crippen LogP contribution in [-0.2, 0) is 0 Å². The Morgan fingerprint density at radius 3 is 3.04 bits per heavy atom. The van der Waals surface area contributed by atoms with Crippen molar-refractivity contribution in [1.29, 1.82) is 0 Å². The Morgan fingerprint density at radius 1 is 1.30 bits per heavy atom. The molecule has 0 atom stereocenters. The summed E-state index contributed by atoms with van der Waals surface area (Å²) in [6.45, 7) is 0. The maximum absolute atomic E-state index is 12.4. The molecule has 1 aliphatic carbocycles. The summed E-state index contributed by atoms with van der Waals surface area (Å²) in [5, 5.41) is 7.43. The van der Waals surface area contributed by atoms with E-state index in [-0.39, 0.29) is 5.91 Å². The van der Waals surface area contributed by atoms with Crippen molar-refractivity contribution in [3.63, 3.8) is 0 Å². The van der Waals surface area contributed by atoms with Crippen molar-refractivity contribution in [3.8, 4) is 11.4 Å². The van der Waals surface area contributed by atoms with Crippen LogP contribution in [0.5, 0.6) is 0 Å². The molecule has 0 spiro atoms. The number of hydrogen-bond donors (Lipinski definition) is 2. The van der Waals surface area contributed by atoms with Crippen molar-refractivity contribution < 1.29 is 4.79 Å². The summed E-state index contributed by atoms with van der Waals surface area (Å²) in [5.74, 6) is -0.0128. The molecule has 0 saturated heterocycles.